The average molecular weight is 324 g/mol. The fourth-order valence-corrected chi connectivity index (χ4v) is 1.92. The molecule has 0 bridgehead atoms. The van der Waals surface area contributed by atoms with Crippen LogP contribution < -0.4 is 0 Å². The molecule has 2 rings (SSSR count). The highest BCUT2D eigenvalue weighted by molar-refractivity contribution is 14.1. The quantitative estimate of drug-likeness (QED) is 0.524. The second-order valence-corrected chi connectivity index (χ2v) is 4.61. The number of hydrogen-bond donors (Lipinski definition) is 0. The van der Waals surface area contributed by atoms with Gasteiger partial charge in [-0.2, -0.15) is 0 Å². The zero-order valence-electron chi connectivity index (χ0n) is 6.39. The Balaban J connectivity index is 2.81. The Morgan fingerprint density at radius 1 is 1.15 bits per heavy atom. The number of rotatable bonds is 0. The first-order valence-corrected chi connectivity index (χ1v) is 5.41. The van der Waals surface area contributed by atoms with Gasteiger partial charge in [-0.15, -0.1) is 0 Å². The number of nitrogens with zero attached hydrogens (tertiary/aromatic N) is 1. The third-order valence-electron chi connectivity index (χ3n) is 1.69. The third-order valence-corrected chi connectivity index (χ3v) is 3.03. The van der Waals surface area contributed by atoms with Crippen molar-refractivity contribution in [3.8, 4) is 0 Å². The van der Waals surface area contributed by atoms with E-state index in [4.69, 9.17) is 23.2 Å². The molecule has 0 saturated carbocycles. The lowest BCUT2D eigenvalue weighted by molar-refractivity contribution is 1.41. The summed E-state index contributed by atoms with van der Waals surface area (Å²) in [6.07, 6.45) is 0. The van der Waals surface area contributed by atoms with Gasteiger partial charge in [-0.1, -0.05) is 23.2 Å². The molecular weight excluding hydrogens is 320 g/mol. The smallest absolute Gasteiger partial charge is 0.148 e. The molecule has 0 radical (unpaired) electrons. The number of benzene rings is 1. The number of aromatic nitrogens is 1. The first-order valence-electron chi connectivity index (χ1n) is 3.58. The summed E-state index contributed by atoms with van der Waals surface area (Å²) in [6, 6.07) is 7.76. The summed E-state index contributed by atoms with van der Waals surface area (Å²) in [5.41, 5.74) is 0.870. The van der Waals surface area contributed by atoms with E-state index in [9.17, 15) is 0 Å². The van der Waals surface area contributed by atoms with Crippen LogP contribution in [0.3, 0.4) is 0 Å². The molecule has 0 aliphatic heterocycles. The zero-order valence-corrected chi connectivity index (χ0v) is 10.1. The monoisotopic (exact) mass is 323 g/mol. The lowest BCUT2D eigenvalue weighted by atomic mass is 10.2. The van der Waals surface area contributed by atoms with E-state index in [1.165, 1.54) is 0 Å². The highest BCUT2D eigenvalue weighted by atomic mass is 127. The Morgan fingerprint density at radius 2 is 1.92 bits per heavy atom. The Bertz CT molecular complexity index is 470. The van der Waals surface area contributed by atoms with Gasteiger partial charge in [0, 0.05) is 8.96 Å². The van der Waals surface area contributed by atoms with Crippen LogP contribution in [-0.2, 0) is 0 Å². The molecule has 0 saturated heterocycles. The van der Waals surface area contributed by atoms with Crippen molar-refractivity contribution < 1.29 is 0 Å². The predicted octanol–water partition coefficient (Wildman–Crippen LogP) is 4.15. The van der Waals surface area contributed by atoms with Crippen LogP contribution in [0.5, 0.6) is 0 Å². The van der Waals surface area contributed by atoms with Crippen LogP contribution in [0.4, 0.5) is 0 Å². The minimum atomic E-state index is 0.357. The molecule has 0 fully saturated rings. The van der Waals surface area contributed by atoms with E-state index in [0.717, 1.165) is 14.5 Å². The third kappa shape index (κ3) is 1.90. The molecule has 4 heteroatoms. The Morgan fingerprint density at radius 3 is 2.69 bits per heavy atom. The first-order chi connectivity index (χ1) is 6.16. The van der Waals surface area contributed by atoms with Crippen molar-refractivity contribution in [1.29, 1.82) is 0 Å². The number of halogens is 3. The van der Waals surface area contributed by atoms with E-state index in [-0.39, 0.29) is 0 Å². The molecule has 0 aliphatic carbocycles. The van der Waals surface area contributed by atoms with E-state index in [0.29, 0.717) is 10.2 Å². The molecule has 0 unspecified atom stereocenters. The minimum Gasteiger partial charge on any atom is -0.235 e. The lowest BCUT2D eigenvalue weighted by Crippen LogP contribution is -1.82. The molecule has 2 aromatic rings. The molecule has 0 aliphatic rings. The van der Waals surface area contributed by atoms with Crippen molar-refractivity contribution in [2.24, 2.45) is 0 Å². The SMILES string of the molecule is Clc1cc2cc(I)ccc2nc1Cl. The first kappa shape index (κ1) is 9.49. The summed E-state index contributed by atoms with van der Waals surface area (Å²) in [5.74, 6) is 0. The maximum absolute atomic E-state index is 5.84. The van der Waals surface area contributed by atoms with Crippen LogP contribution in [0.25, 0.3) is 10.9 Å². The summed E-state index contributed by atoms with van der Waals surface area (Å²) in [4.78, 5) is 4.15. The van der Waals surface area contributed by atoms with Gasteiger partial charge in [0.15, 0.2) is 0 Å². The molecule has 0 N–H and O–H groups in total. The van der Waals surface area contributed by atoms with Gasteiger partial charge >= 0.3 is 0 Å². The van der Waals surface area contributed by atoms with Gasteiger partial charge in [0.1, 0.15) is 5.15 Å². The molecule has 0 atom stereocenters. The molecule has 1 aromatic carbocycles. The van der Waals surface area contributed by atoms with Gasteiger partial charge in [-0.3, -0.25) is 0 Å². The summed E-state index contributed by atoms with van der Waals surface area (Å²) in [7, 11) is 0. The van der Waals surface area contributed by atoms with E-state index in [2.05, 4.69) is 27.6 Å². The summed E-state index contributed by atoms with van der Waals surface area (Å²) >= 11 is 13.9. The molecule has 0 amide bonds. The second-order valence-electron chi connectivity index (χ2n) is 2.60. The van der Waals surface area contributed by atoms with E-state index in [1.54, 1.807) is 0 Å². The topological polar surface area (TPSA) is 12.9 Å². The summed E-state index contributed by atoms with van der Waals surface area (Å²) in [6.45, 7) is 0. The molecule has 0 spiro atoms. The van der Waals surface area contributed by atoms with Crippen LogP contribution in [-0.4, -0.2) is 4.98 Å². The van der Waals surface area contributed by atoms with Crippen molar-refractivity contribution in [3.05, 3.63) is 38.0 Å². The fraction of sp³-hybridized carbons (Fsp3) is 0. The summed E-state index contributed by atoms with van der Waals surface area (Å²) < 4.78 is 1.16. The largest absolute Gasteiger partial charge is 0.235 e. The van der Waals surface area contributed by atoms with Crippen LogP contribution in [0.15, 0.2) is 24.3 Å². The van der Waals surface area contributed by atoms with Crippen LogP contribution in [0.1, 0.15) is 0 Å². The van der Waals surface area contributed by atoms with Gasteiger partial charge in [-0.25, -0.2) is 4.98 Å². The molecule has 1 aromatic heterocycles. The van der Waals surface area contributed by atoms with E-state index >= 15 is 0 Å². The normalized spacial score (nSPS) is 10.7. The highest BCUT2D eigenvalue weighted by Crippen LogP contribution is 2.25. The van der Waals surface area contributed by atoms with Crippen LogP contribution in [0.2, 0.25) is 10.2 Å². The van der Waals surface area contributed by atoms with Crippen molar-refractivity contribution in [2.45, 2.75) is 0 Å². The van der Waals surface area contributed by atoms with Gasteiger partial charge in [0.2, 0.25) is 0 Å². The van der Waals surface area contributed by atoms with Crippen molar-refractivity contribution in [1.82, 2.24) is 4.98 Å². The molecule has 13 heavy (non-hydrogen) atoms. The fourth-order valence-electron chi connectivity index (χ4n) is 1.10. The Kier molecular flexibility index (Phi) is 2.62. The number of pyridine rings is 1. The summed E-state index contributed by atoms with van der Waals surface area (Å²) in [5, 5.41) is 1.87. The number of hydrogen-bond acceptors (Lipinski definition) is 1. The Hall–Kier alpha value is -0.0600. The predicted molar refractivity (Wildman–Crippen MR) is 64.5 cm³/mol. The molecule has 66 valence electrons. The average Bonchev–Trinajstić information content (AvgIpc) is 2.08. The van der Waals surface area contributed by atoms with Gasteiger partial charge < -0.3 is 0 Å². The minimum absolute atomic E-state index is 0.357. The van der Waals surface area contributed by atoms with Gasteiger partial charge in [0.05, 0.1) is 10.5 Å². The van der Waals surface area contributed by atoms with Crippen molar-refractivity contribution in [2.75, 3.05) is 0 Å². The maximum atomic E-state index is 5.84. The van der Waals surface area contributed by atoms with Crippen LogP contribution >= 0.6 is 45.8 Å². The van der Waals surface area contributed by atoms with E-state index in [1.807, 2.05) is 24.3 Å². The van der Waals surface area contributed by atoms with Crippen LogP contribution in [0, 0.1) is 3.57 Å². The highest BCUT2D eigenvalue weighted by Gasteiger charge is 2.02. The zero-order chi connectivity index (χ0) is 9.42. The standard InChI is InChI=1S/C9H4Cl2IN/c10-7-4-5-3-6(12)1-2-8(5)13-9(7)11/h1-4H. The van der Waals surface area contributed by atoms with Crippen molar-refractivity contribution >= 4 is 56.7 Å². The molecule has 1 nitrogen and oxygen atoms in total. The van der Waals surface area contributed by atoms with E-state index < -0.39 is 0 Å². The molecular formula is C9H4Cl2IN. The lowest BCUT2D eigenvalue weighted by Gasteiger charge is -2.00. The number of fused-ring (bicyclic) bond motifs is 1. The van der Waals surface area contributed by atoms with Gasteiger partial charge in [0.25, 0.3) is 0 Å². The van der Waals surface area contributed by atoms with Crippen molar-refractivity contribution in [3.63, 3.8) is 0 Å². The second kappa shape index (κ2) is 3.59. The molecule has 1 heterocycles. The maximum Gasteiger partial charge on any atom is 0.148 e. The van der Waals surface area contributed by atoms with Gasteiger partial charge in [-0.05, 0) is 46.9 Å². The Labute approximate surface area is 99.2 Å².